The Labute approximate surface area is 115 Å². The van der Waals surface area contributed by atoms with Crippen LogP contribution in [0.25, 0.3) is 6.08 Å². The molecule has 2 amide bonds. The monoisotopic (exact) mass is 276 g/mol. The second-order valence-electron chi connectivity index (χ2n) is 3.92. The van der Waals surface area contributed by atoms with E-state index in [4.69, 9.17) is 12.2 Å². The number of thiocarbonyl (C=S) groups is 1. The summed E-state index contributed by atoms with van der Waals surface area (Å²) in [5.74, 6) is -0.445. The molecule has 0 aliphatic carbocycles. The molecule has 19 heavy (non-hydrogen) atoms. The predicted molar refractivity (Wildman–Crippen MR) is 73.8 cm³/mol. The summed E-state index contributed by atoms with van der Waals surface area (Å²) < 4.78 is 1.71. The Morgan fingerprint density at radius 3 is 2.84 bits per heavy atom. The van der Waals surface area contributed by atoms with Gasteiger partial charge in [0.1, 0.15) is 11.4 Å². The zero-order chi connectivity index (χ0) is 14.0. The van der Waals surface area contributed by atoms with Gasteiger partial charge in [0, 0.05) is 26.0 Å². The predicted octanol–water partition coefficient (Wildman–Crippen LogP) is 0.233. The Kier molecular flexibility index (Phi) is 3.57. The molecule has 0 spiro atoms. The highest BCUT2D eigenvalue weighted by Gasteiger charge is 2.32. The van der Waals surface area contributed by atoms with E-state index in [0.717, 1.165) is 0 Å². The second kappa shape index (κ2) is 5.15. The van der Waals surface area contributed by atoms with Gasteiger partial charge >= 0.3 is 0 Å². The highest BCUT2D eigenvalue weighted by molar-refractivity contribution is 7.80. The van der Waals surface area contributed by atoms with Gasteiger partial charge in [0.05, 0.1) is 0 Å². The maximum absolute atomic E-state index is 12.2. The third-order valence-corrected chi connectivity index (χ3v) is 2.95. The van der Waals surface area contributed by atoms with Crippen LogP contribution in [0.2, 0.25) is 0 Å². The van der Waals surface area contributed by atoms with E-state index in [1.807, 2.05) is 0 Å². The minimum Gasteiger partial charge on any atom is -0.335 e. The molecule has 98 valence electrons. The van der Waals surface area contributed by atoms with Gasteiger partial charge in [0.2, 0.25) is 0 Å². The Bertz CT molecular complexity index is 603. The fourth-order valence-corrected chi connectivity index (χ4v) is 1.88. The Balaban J connectivity index is 2.39. The van der Waals surface area contributed by atoms with E-state index in [0.29, 0.717) is 5.82 Å². The summed E-state index contributed by atoms with van der Waals surface area (Å²) in [5, 5.41) is 2.56. The van der Waals surface area contributed by atoms with E-state index in [1.54, 1.807) is 30.1 Å². The lowest BCUT2D eigenvalue weighted by Crippen LogP contribution is -2.53. The number of aryl methyl sites for hydroxylation is 1. The molecule has 6 nitrogen and oxygen atoms in total. The zero-order valence-electron chi connectivity index (χ0n) is 10.3. The van der Waals surface area contributed by atoms with Crippen molar-refractivity contribution < 1.29 is 9.59 Å². The zero-order valence-corrected chi connectivity index (χ0v) is 11.1. The summed E-state index contributed by atoms with van der Waals surface area (Å²) in [7, 11) is 1.77. The summed E-state index contributed by atoms with van der Waals surface area (Å²) >= 11 is 4.95. The van der Waals surface area contributed by atoms with Gasteiger partial charge in [0.15, 0.2) is 5.11 Å². The van der Waals surface area contributed by atoms with Crippen molar-refractivity contribution in [3.8, 4) is 0 Å². The molecule has 0 radical (unpaired) electrons. The molecule has 2 heterocycles. The lowest BCUT2D eigenvalue weighted by molar-refractivity contribution is -0.128. The van der Waals surface area contributed by atoms with Crippen molar-refractivity contribution >= 4 is 35.2 Å². The number of nitrogens with zero attached hydrogens (tertiary/aromatic N) is 3. The van der Waals surface area contributed by atoms with Crippen molar-refractivity contribution in [1.29, 1.82) is 0 Å². The molecule has 0 saturated carbocycles. The van der Waals surface area contributed by atoms with Gasteiger partial charge in [-0.25, -0.2) is 4.98 Å². The summed E-state index contributed by atoms with van der Waals surface area (Å²) in [4.78, 5) is 29.4. The molecule has 1 aliphatic rings. The van der Waals surface area contributed by atoms with E-state index < -0.39 is 11.8 Å². The molecule has 0 unspecified atom stereocenters. The molecule has 0 aromatic carbocycles. The van der Waals surface area contributed by atoms with Crippen LogP contribution < -0.4 is 5.32 Å². The number of nitrogens with one attached hydrogen (secondary N) is 1. The number of amides is 2. The molecule has 2 rings (SSSR count). The van der Waals surface area contributed by atoms with Gasteiger partial charge in [-0.2, -0.15) is 0 Å². The molecule has 0 atom stereocenters. The Morgan fingerprint density at radius 2 is 2.26 bits per heavy atom. The highest BCUT2D eigenvalue weighted by Crippen LogP contribution is 2.13. The summed E-state index contributed by atoms with van der Waals surface area (Å²) in [6.07, 6.45) is 6.29. The van der Waals surface area contributed by atoms with Crippen LogP contribution in [-0.4, -0.2) is 37.9 Å². The van der Waals surface area contributed by atoms with Crippen molar-refractivity contribution in [2.45, 2.75) is 0 Å². The molecule has 1 saturated heterocycles. The maximum Gasteiger partial charge on any atom is 0.266 e. The Morgan fingerprint density at radius 1 is 1.53 bits per heavy atom. The van der Waals surface area contributed by atoms with Crippen LogP contribution in [0.3, 0.4) is 0 Å². The van der Waals surface area contributed by atoms with Crippen LogP contribution in [0.15, 0.2) is 30.6 Å². The number of rotatable bonds is 3. The fraction of sp³-hybridized carbons (Fsp3) is 0.167. The molecular formula is C12H12N4O2S. The van der Waals surface area contributed by atoms with E-state index in [1.165, 1.54) is 11.0 Å². The molecular weight excluding hydrogens is 264 g/mol. The highest BCUT2D eigenvalue weighted by atomic mass is 32.1. The third kappa shape index (κ3) is 2.45. The van der Waals surface area contributed by atoms with Gasteiger partial charge < -0.3 is 4.57 Å². The largest absolute Gasteiger partial charge is 0.335 e. The smallest absolute Gasteiger partial charge is 0.266 e. The normalized spacial score (nSPS) is 17.8. The van der Waals surface area contributed by atoms with Crippen molar-refractivity contribution in [1.82, 2.24) is 19.8 Å². The molecule has 1 aromatic rings. The molecule has 0 bridgehead atoms. The number of hydrogen-bond acceptors (Lipinski definition) is 4. The standard InChI is InChI=1S/C12H12N4O2S/c1-3-5-16-11(18)8(10(17)14-12(16)19)7-9-13-4-6-15(9)2/h3-4,6-7H,1,5H2,2H3,(H,14,17,19). The Hall–Kier alpha value is -2.28. The molecule has 1 aliphatic heterocycles. The SMILES string of the molecule is C=CCN1C(=O)C(=Cc2nccn2C)C(=O)NC1=S. The summed E-state index contributed by atoms with van der Waals surface area (Å²) in [5.41, 5.74) is 0.00440. The van der Waals surface area contributed by atoms with Crippen LogP contribution in [0, 0.1) is 0 Å². The molecule has 1 aromatic heterocycles. The first-order valence-corrected chi connectivity index (χ1v) is 5.92. The number of carbonyl (C=O) groups excluding carboxylic acids is 2. The van der Waals surface area contributed by atoms with Crippen LogP contribution in [-0.2, 0) is 16.6 Å². The number of imidazole rings is 1. The van der Waals surface area contributed by atoms with Gasteiger partial charge in [0.25, 0.3) is 11.8 Å². The maximum atomic E-state index is 12.2. The van der Waals surface area contributed by atoms with E-state index >= 15 is 0 Å². The number of aromatic nitrogens is 2. The van der Waals surface area contributed by atoms with Gasteiger partial charge in [-0.05, 0) is 18.3 Å². The summed E-state index contributed by atoms with van der Waals surface area (Å²) in [6.45, 7) is 3.80. The van der Waals surface area contributed by atoms with Crippen molar-refractivity contribution in [3.63, 3.8) is 0 Å². The molecule has 1 N–H and O–H groups in total. The van der Waals surface area contributed by atoms with Crippen LogP contribution in [0.4, 0.5) is 0 Å². The van der Waals surface area contributed by atoms with Gasteiger partial charge in [-0.1, -0.05) is 6.08 Å². The van der Waals surface area contributed by atoms with E-state index in [-0.39, 0.29) is 17.2 Å². The first kappa shape index (κ1) is 13.2. The van der Waals surface area contributed by atoms with E-state index in [9.17, 15) is 9.59 Å². The summed E-state index contributed by atoms with van der Waals surface area (Å²) in [6, 6.07) is 0. The fourth-order valence-electron chi connectivity index (χ4n) is 1.63. The lowest BCUT2D eigenvalue weighted by Gasteiger charge is -2.27. The van der Waals surface area contributed by atoms with Crippen molar-refractivity contribution in [2.75, 3.05) is 6.54 Å². The molecule has 1 fully saturated rings. The molecule has 7 heteroatoms. The van der Waals surface area contributed by atoms with Crippen LogP contribution >= 0.6 is 12.2 Å². The minimum absolute atomic E-state index is 0.00440. The topological polar surface area (TPSA) is 67.2 Å². The minimum atomic E-state index is -0.515. The van der Waals surface area contributed by atoms with Crippen LogP contribution in [0.1, 0.15) is 5.82 Å². The first-order valence-electron chi connectivity index (χ1n) is 5.51. The van der Waals surface area contributed by atoms with Crippen LogP contribution in [0.5, 0.6) is 0 Å². The van der Waals surface area contributed by atoms with Crippen molar-refractivity contribution in [2.24, 2.45) is 7.05 Å². The van der Waals surface area contributed by atoms with Gasteiger partial charge in [-0.15, -0.1) is 6.58 Å². The second-order valence-corrected chi connectivity index (χ2v) is 4.30. The lowest BCUT2D eigenvalue weighted by atomic mass is 10.1. The third-order valence-electron chi connectivity index (χ3n) is 2.63. The number of hydrogen-bond donors (Lipinski definition) is 1. The van der Waals surface area contributed by atoms with Crippen molar-refractivity contribution in [3.05, 3.63) is 36.4 Å². The van der Waals surface area contributed by atoms with E-state index in [2.05, 4.69) is 16.9 Å². The first-order chi connectivity index (χ1) is 9.04. The quantitative estimate of drug-likeness (QED) is 0.371. The van der Waals surface area contributed by atoms with Gasteiger partial charge in [-0.3, -0.25) is 19.8 Å². The average molecular weight is 276 g/mol. The number of carbonyl (C=O) groups is 2. The average Bonchev–Trinajstić information content (AvgIpc) is 2.76.